The van der Waals surface area contributed by atoms with Gasteiger partial charge in [0.1, 0.15) is 10.6 Å². The maximum Gasteiger partial charge on any atom is 0.348 e. The van der Waals surface area contributed by atoms with Crippen molar-refractivity contribution in [2.24, 2.45) is 0 Å². The second kappa shape index (κ2) is 4.02. The molecule has 0 saturated carbocycles. The standard InChI is InChI=1S/C10H7NO5S/c1-16-10(15)8-7(9(13)14)6-4(12)2-11-3-5(6)17-8/h2-3,12H,1H3,(H,13,14). The van der Waals surface area contributed by atoms with Gasteiger partial charge >= 0.3 is 11.9 Å². The smallest absolute Gasteiger partial charge is 0.348 e. The number of carboxylic acids is 1. The summed E-state index contributed by atoms with van der Waals surface area (Å²) in [4.78, 5) is 26.2. The highest BCUT2D eigenvalue weighted by Gasteiger charge is 2.25. The van der Waals surface area contributed by atoms with Crippen molar-refractivity contribution in [3.05, 3.63) is 22.8 Å². The highest BCUT2D eigenvalue weighted by atomic mass is 32.1. The van der Waals surface area contributed by atoms with Crippen molar-refractivity contribution in [1.82, 2.24) is 4.98 Å². The summed E-state index contributed by atoms with van der Waals surface area (Å²) < 4.78 is 4.92. The molecule has 0 saturated heterocycles. The van der Waals surface area contributed by atoms with Crippen molar-refractivity contribution in [3.8, 4) is 5.75 Å². The van der Waals surface area contributed by atoms with E-state index < -0.39 is 11.9 Å². The third-order valence-corrected chi connectivity index (χ3v) is 3.27. The fraction of sp³-hybridized carbons (Fsp3) is 0.100. The van der Waals surface area contributed by atoms with Crippen LogP contribution in [0.2, 0.25) is 0 Å². The summed E-state index contributed by atoms with van der Waals surface area (Å²) in [6.45, 7) is 0. The van der Waals surface area contributed by atoms with Crippen molar-refractivity contribution >= 4 is 33.4 Å². The Morgan fingerprint density at radius 1 is 1.41 bits per heavy atom. The summed E-state index contributed by atoms with van der Waals surface area (Å²) in [6.07, 6.45) is 2.52. The van der Waals surface area contributed by atoms with Gasteiger partial charge in [-0.3, -0.25) is 4.98 Å². The zero-order valence-corrected chi connectivity index (χ0v) is 9.45. The number of nitrogens with zero attached hydrogens (tertiary/aromatic N) is 1. The first-order chi connectivity index (χ1) is 8.06. The maximum absolute atomic E-state index is 11.4. The van der Waals surface area contributed by atoms with Crippen LogP contribution in [0.15, 0.2) is 12.4 Å². The Kier molecular flexibility index (Phi) is 2.68. The molecule has 0 fully saturated rings. The third kappa shape index (κ3) is 1.70. The van der Waals surface area contributed by atoms with Gasteiger partial charge in [0, 0.05) is 6.20 Å². The van der Waals surface area contributed by atoms with Crippen LogP contribution in [-0.2, 0) is 4.74 Å². The van der Waals surface area contributed by atoms with Gasteiger partial charge in [0.15, 0.2) is 0 Å². The fourth-order valence-electron chi connectivity index (χ4n) is 1.47. The number of pyridine rings is 1. The zero-order valence-electron chi connectivity index (χ0n) is 8.63. The van der Waals surface area contributed by atoms with Gasteiger partial charge in [-0.05, 0) is 0 Å². The lowest BCUT2D eigenvalue weighted by Gasteiger charge is -1.98. The van der Waals surface area contributed by atoms with Crippen LogP contribution in [0.1, 0.15) is 20.0 Å². The average molecular weight is 253 g/mol. The quantitative estimate of drug-likeness (QED) is 0.787. The van der Waals surface area contributed by atoms with Crippen LogP contribution in [0.25, 0.3) is 10.1 Å². The Morgan fingerprint density at radius 3 is 2.71 bits per heavy atom. The minimum atomic E-state index is -1.29. The van der Waals surface area contributed by atoms with E-state index in [9.17, 15) is 14.7 Å². The largest absolute Gasteiger partial charge is 0.506 e. The topological polar surface area (TPSA) is 96.7 Å². The van der Waals surface area contributed by atoms with Gasteiger partial charge in [-0.2, -0.15) is 0 Å². The number of carboxylic acid groups (broad SMARTS) is 1. The highest BCUT2D eigenvalue weighted by molar-refractivity contribution is 7.21. The number of carbonyl (C=O) groups excluding carboxylic acids is 1. The number of esters is 1. The van der Waals surface area contributed by atoms with E-state index in [1.807, 2.05) is 0 Å². The molecule has 17 heavy (non-hydrogen) atoms. The van der Waals surface area contributed by atoms with E-state index in [0.717, 1.165) is 24.6 Å². The first-order valence-electron chi connectivity index (χ1n) is 4.47. The summed E-state index contributed by atoms with van der Waals surface area (Å²) in [5, 5.41) is 18.8. The molecule has 0 radical (unpaired) electrons. The first-order valence-corrected chi connectivity index (χ1v) is 5.29. The Labute approximate surface area is 99.1 Å². The number of carbonyl (C=O) groups is 2. The number of ether oxygens (including phenoxy) is 1. The molecule has 2 rings (SSSR count). The monoisotopic (exact) mass is 253 g/mol. The zero-order chi connectivity index (χ0) is 12.6. The summed E-state index contributed by atoms with van der Waals surface area (Å²) in [5.41, 5.74) is -0.253. The molecule has 2 aromatic heterocycles. The van der Waals surface area contributed by atoms with Gasteiger partial charge in [-0.15, -0.1) is 11.3 Å². The lowest BCUT2D eigenvalue weighted by molar-refractivity contribution is 0.0589. The summed E-state index contributed by atoms with van der Waals surface area (Å²) >= 11 is 0.921. The van der Waals surface area contributed by atoms with Crippen molar-refractivity contribution in [2.75, 3.05) is 7.11 Å². The summed E-state index contributed by atoms with van der Waals surface area (Å²) in [5.74, 6) is -2.31. The lowest BCUT2D eigenvalue weighted by atomic mass is 10.1. The lowest BCUT2D eigenvalue weighted by Crippen LogP contribution is -2.06. The molecule has 0 aliphatic carbocycles. The number of aromatic nitrogens is 1. The van der Waals surface area contributed by atoms with E-state index in [2.05, 4.69) is 9.72 Å². The molecule has 88 valence electrons. The van der Waals surface area contributed by atoms with Gasteiger partial charge in [0.05, 0.1) is 29.0 Å². The Balaban J connectivity index is 2.86. The molecule has 2 heterocycles. The molecule has 2 aromatic rings. The average Bonchev–Trinajstić information content (AvgIpc) is 2.68. The van der Waals surface area contributed by atoms with E-state index in [4.69, 9.17) is 5.11 Å². The molecule has 0 atom stereocenters. The second-order valence-corrected chi connectivity index (χ2v) is 4.19. The van der Waals surface area contributed by atoms with Crippen molar-refractivity contribution in [2.45, 2.75) is 0 Å². The number of aromatic carboxylic acids is 1. The number of rotatable bonds is 2. The van der Waals surface area contributed by atoms with E-state index in [0.29, 0.717) is 4.70 Å². The van der Waals surface area contributed by atoms with Crippen molar-refractivity contribution < 1.29 is 24.5 Å². The van der Waals surface area contributed by atoms with Gasteiger partial charge in [-0.25, -0.2) is 9.59 Å². The van der Waals surface area contributed by atoms with Crippen LogP contribution in [-0.4, -0.2) is 34.2 Å². The van der Waals surface area contributed by atoms with E-state index in [-0.39, 0.29) is 21.6 Å². The van der Waals surface area contributed by atoms with Crippen LogP contribution in [0.3, 0.4) is 0 Å². The van der Waals surface area contributed by atoms with Crippen LogP contribution >= 0.6 is 11.3 Å². The SMILES string of the molecule is COC(=O)c1sc2cncc(O)c2c1C(=O)O. The molecule has 0 unspecified atom stereocenters. The molecule has 0 aromatic carbocycles. The van der Waals surface area contributed by atoms with Crippen LogP contribution in [0.5, 0.6) is 5.75 Å². The van der Waals surface area contributed by atoms with Gasteiger partial charge in [0.25, 0.3) is 0 Å². The predicted molar refractivity (Wildman–Crippen MR) is 59.6 cm³/mol. The van der Waals surface area contributed by atoms with Gasteiger partial charge in [-0.1, -0.05) is 0 Å². The number of fused-ring (bicyclic) bond motifs is 1. The predicted octanol–water partition coefficient (Wildman–Crippen LogP) is 1.49. The molecule has 0 amide bonds. The molecule has 0 aliphatic heterocycles. The molecular formula is C10H7NO5S. The fourth-order valence-corrected chi connectivity index (χ4v) is 2.57. The van der Waals surface area contributed by atoms with E-state index in [1.54, 1.807) is 0 Å². The van der Waals surface area contributed by atoms with Crippen molar-refractivity contribution in [1.29, 1.82) is 0 Å². The minimum absolute atomic E-state index is 0.0571. The molecule has 7 heteroatoms. The minimum Gasteiger partial charge on any atom is -0.506 e. The Hall–Kier alpha value is -2.15. The maximum atomic E-state index is 11.4. The van der Waals surface area contributed by atoms with E-state index in [1.165, 1.54) is 6.20 Å². The molecule has 6 nitrogen and oxygen atoms in total. The second-order valence-electron chi connectivity index (χ2n) is 3.13. The Morgan fingerprint density at radius 2 is 2.12 bits per heavy atom. The summed E-state index contributed by atoms with van der Waals surface area (Å²) in [7, 11) is 1.16. The number of hydrogen-bond donors (Lipinski definition) is 2. The molecular weight excluding hydrogens is 246 g/mol. The Bertz CT molecular complexity index is 618. The van der Waals surface area contributed by atoms with Gasteiger partial charge in [0.2, 0.25) is 0 Å². The summed E-state index contributed by atoms with van der Waals surface area (Å²) in [6, 6.07) is 0. The number of methoxy groups -OCH3 is 1. The van der Waals surface area contributed by atoms with E-state index >= 15 is 0 Å². The normalized spacial score (nSPS) is 10.4. The van der Waals surface area contributed by atoms with Crippen LogP contribution < -0.4 is 0 Å². The first kappa shape index (κ1) is 11.3. The number of aromatic hydroxyl groups is 1. The van der Waals surface area contributed by atoms with Crippen molar-refractivity contribution in [3.63, 3.8) is 0 Å². The highest BCUT2D eigenvalue weighted by Crippen LogP contribution is 2.36. The van der Waals surface area contributed by atoms with Crippen LogP contribution in [0, 0.1) is 0 Å². The molecule has 2 N–H and O–H groups in total. The molecule has 0 aliphatic rings. The number of thiophene rings is 1. The molecule has 0 bridgehead atoms. The van der Waals surface area contributed by atoms with Crippen LogP contribution in [0.4, 0.5) is 0 Å². The third-order valence-electron chi connectivity index (χ3n) is 2.16. The molecule has 0 spiro atoms. The number of hydrogen-bond acceptors (Lipinski definition) is 6. The van der Waals surface area contributed by atoms with Gasteiger partial charge < -0.3 is 14.9 Å².